The Morgan fingerprint density at radius 1 is 1.00 bits per heavy atom. The number of benzene rings is 1. The van der Waals surface area contributed by atoms with Crippen molar-refractivity contribution in [2.75, 3.05) is 0 Å². The molecule has 1 aliphatic rings. The first kappa shape index (κ1) is 8.06. The predicted molar refractivity (Wildman–Crippen MR) is 56.1 cm³/mol. The first-order valence-electron chi connectivity index (χ1n) is 4.31. The molecular weight excluding hydrogens is 212 g/mol. The van der Waals surface area contributed by atoms with Crippen LogP contribution in [-0.4, -0.2) is 0 Å². The first-order chi connectivity index (χ1) is 5.88. The van der Waals surface area contributed by atoms with E-state index in [2.05, 4.69) is 46.3 Å². The summed E-state index contributed by atoms with van der Waals surface area (Å²) in [6, 6.07) is 10.6. The summed E-state index contributed by atoms with van der Waals surface area (Å²) in [6.45, 7) is 0. The molecule has 1 aromatic carbocycles. The number of allylic oxidation sites excluding steroid dienone is 2. The van der Waals surface area contributed by atoms with E-state index in [-0.39, 0.29) is 0 Å². The zero-order valence-corrected chi connectivity index (χ0v) is 8.47. The molecule has 1 heteroatoms. The summed E-state index contributed by atoms with van der Waals surface area (Å²) in [5.41, 5.74) is 2.87. The van der Waals surface area contributed by atoms with Crippen LogP contribution in [-0.2, 0) is 0 Å². The van der Waals surface area contributed by atoms with Gasteiger partial charge in [-0.25, -0.2) is 0 Å². The average molecular weight is 223 g/mol. The summed E-state index contributed by atoms with van der Waals surface area (Å²) < 4.78 is 1.40. The number of rotatable bonds is 1. The molecule has 2 rings (SSSR count). The molecule has 0 spiro atoms. The molecular formula is C11H11Br. The Kier molecular flexibility index (Phi) is 2.31. The molecule has 0 heterocycles. The fraction of sp³-hybridized carbons (Fsp3) is 0.273. The van der Waals surface area contributed by atoms with Gasteiger partial charge < -0.3 is 0 Å². The summed E-state index contributed by atoms with van der Waals surface area (Å²) in [7, 11) is 0. The Bertz CT molecular complexity index is 298. The van der Waals surface area contributed by atoms with Gasteiger partial charge in [-0.15, -0.1) is 0 Å². The van der Waals surface area contributed by atoms with Crippen molar-refractivity contribution in [3.8, 4) is 0 Å². The Hall–Kier alpha value is -0.560. The Morgan fingerprint density at radius 2 is 1.75 bits per heavy atom. The standard InChI is InChI=1S/C11H11Br/c12-11-8-4-7-10(11)9-5-2-1-3-6-9/h1-3,5-6H,4,7-8H2. The van der Waals surface area contributed by atoms with Crippen molar-refractivity contribution in [1.29, 1.82) is 0 Å². The van der Waals surface area contributed by atoms with Crippen molar-refractivity contribution in [2.24, 2.45) is 0 Å². The molecule has 0 N–H and O–H groups in total. The van der Waals surface area contributed by atoms with Gasteiger partial charge >= 0.3 is 0 Å². The van der Waals surface area contributed by atoms with Crippen molar-refractivity contribution in [2.45, 2.75) is 19.3 Å². The highest BCUT2D eigenvalue weighted by Crippen LogP contribution is 2.36. The molecule has 0 fully saturated rings. The van der Waals surface area contributed by atoms with Gasteiger partial charge in [-0.05, 0) is 34.9 Å². The minimum atomic E-state index is 1.21. The Balaban J connectivity index is 2.37. The molecule has 1 aliphatic carbocycles. The van der Waals surface area contributed by atoms with E-state index in [4.69, 9.17) is 0 Å². The summed E-state index contributed by atoms with van der Waals surface area (Å²) in [5, 5.41) is 0. The minimum Gasteiger partial charge on any atom is -0.0622 e. The topological polar surface area (TPSA) is 0 Å². The molecule has 0 aromatic heterocycles. The van der Waals surface area contributed by atoms with Gasteiger partial charge in [0.2, 0.25) is 0 Å². The Labute approximate surface area is 81.4 Å². The van der Waals surface area contributed by atoms with E-state index >= 15 is 0 Å². The molecule has 0 amide bonds. The van der Waals surface area contributed by atoms with E-state index in [1.807, 2.05) is 0 Å². The first-order valence-corrected chi connectivity index (χ1v) is 5.10. The SMILES string of the molecule is BrC1=C(c2ccccc2)CCC1. The zero-order valence-electron chi connectivity index (χ0n) is 6.89. The lowest BCUT2D eigenvalue weighted by Gasteiger charge is -2.01. The van der Waals surface area contributed by atoms with Gasteiger partial charge in [0.1, 0.15) is 0 Å². The van der Waals surface area contributed by atoms with Gasteiger partial charge in [-0.2, -0.15) is 0 Å². The lowest BCUT2D eigenvalue weighted by atomic mass is 10.1. The van der Waals surface area contributed by atoms with Crippen LogP contribution in [0.5, 0.6) is 0 Å². The molecule has 0 unspecified atom stereocenters. The molecule has 12 heavy (non-hydrogen) atoms. The van der Waals surface area contributed by atoms with E-state index in [0.717, 1.165) is 0 Å². The second-order valence-electron chi connectivity index (χ2n) is 3.10. The molecule has 0 atom stereocenters. The zero-order chi connectivity index (χ0) is 8.39. The maximum absolute atomic E-state index is 3.62. The summed E-state index contributed by atoms with van der Waals surface area (Å²) in [4.78, 5) is 0. The average Bonchev–Trinajstić information content (AvgIpc) is 2.53. The van der Waals surface area contributed by atoms with Crippen LogP contribution < -0.4 is 0 Å². The summed E-state index contributed by atoms with van der Waals surface area (Å²) >= 11 is 3.62. The van der Waals surface area contributed by atoms with E-state index in [1.54, 1.807) is 0 Å². The quantitative estimate of drug-likeness (QED) is 0.675. The van der Waals surface area contributed by atoms with Crippen LogP contribution in [0.25, 0.3) is 5.57 Å². The van der Waals surface area contributed by atoms with Crippen molar-refractivity contribution < 1.29 is 0 Å². The molecule has 0 bridgehead atoms. The maximum Gasteiger partial charge on any atom is -0.00113 e. The van der Waals surface area contributed by atoms with Gasteiger partial charge in [0.05, 0.1) is 0 Å². The van der Waals surface area contributed by atoms with Gasteiger partial charge in [-0.1, -0.05) is 46.3 Å². The molecule has 0 saturated carbocycles. The molecule has 0 nitrogen and oxygen atoms in total. The maximum atomic E-state index is 3.62. The van der Waals surface area contributed by atoms with Crippen LogP contribution in [0.15, 0.2) is 34.8 Å². The van der Waals surface area contributed by atoms with Crippen molar-refractivity contribution in [1.82, 2.24) is 0 Å². The van der Waals surface area contributed by atoms with Crippen molar-refractivity contribution in [3.63, 3.8) is 0 Å². The van der Waals surface area contributed by atoms with Gasteiger partial charge in [0.15, 0.2) is 0 Å². The molecule has 1 aromatic rings. The molecule has 0 saturated heterocycles. The van der Waals surface area contributed by atoms with E-state index in [9.17, 15) is 0 Å². The third-order valence-corrected chi connectivity index (χ3v) is 3.15. The molecule has 62 valence electrons. The molecule has 0 radical (unpaired) electrons. The fourth-order valence-electron chi connectivity index (χ4n) is 1.65. The second-order valence-corrected chi connectivity index (χ2v) is 4.06. The lowest BCUT2D eigenvalue weighted by molar-refractivity contribution is 0.932. The molecule has 0 aliphatic heterocycles. The van der Waals surface area contributed by atoms with Crippen LogP contribution in [0, 0.1) is 0 Å². The van der Waals surface area contributed by atoms with Crippen LogP contribution in [0.1, 0.15) is 24.8 Å². The number of hydrogen-bond acceptors (Lipinski definition) is 0. The monoisotopic (exact) mass is 222 g/mol. The van der Waals surface area contributed by atoms with Crippen molar-refractivity contribution >= 4 is 21.5 Å². The highest BCUT2D eigenvalue weighted by Gasteiger charge is 2.12. The van der Waals surface area contributed by atoms with E-state index in [0.29, 0.717) is 0 Å². The predicted octanol–water partition coefficient (Wildman–Crippen LogP) is 3.98. The fourth-order valence-corrected chi connectivity index (χ4v) is 2.35. The smallest absolute Gasteiger partial charge is 0.00113 e. The van der Waals surface area contributed by atoms with Crippen molar-refractivity contribution in [3.05, 3.63) is 40.4 Å². The van der Waals surface area contributed by atoms with E-state index in [1.165, 1.54) is 34.9 Å². The highest BCUT2D eigenvalue weighted by atomic mass is 79.9. The van der Waals surface area contributed by atoms with Crippen LogP contribution in [0.3, 0.4) is 0 Å². The normalized spacial score (nSPS) is 17.1. The number of hydrogen-bond donors (Lipinski definition) is 0. The highest BCUT2D eigenvalue weighted by molar-refractivity contribution is 9.11. The van der Waals surface area contributed by atoms with Gasteiger partial charge in [0, 0.05) is 0 Å². The third-order valence-electron chi connectivity index (χ3n) is 2.27. The summed E-state index contributed by atoms with van der Waals surface area (Å²) in [6.07, 6.45) is 3.74. The van der Waals surface area contributed by atoms with Crippen LogP contribution in [0.2, 0.25) is 0 Å². The van der Waals surface area contributed by atoms with E-state index < -0.39 is 0 Å². The van der Waals surface area contributed by atoms with Gasteiger partial charge in [-0.3, -0.25) is 0 Å². The summed E-state index contributed by atoms with van der Waals surface area (Å²) in [5.74, 6) is 0. The minimum absolute atomic E-state index is 1.21. The van der Waals surface area contributed by atoms with Crippen LogP contribution >= 0.6 is 15.9 Å². The lowest BCUT2D eigenvalue weighted by Crippen LogP contribution is -1.79. The number of halogens is 1. The largest absolute Gasteiger partial charge is 0.0622 e. The van der Waals surface area contributed by atoms with Crippen LogP contribution in [0.4, 0.5) is 0 Å². The Morgan fingerprint density at radius 3 is 2.33 bits per heavy atom. The third kappa shape index (κ3) is 1.46. The van der Waals surface area contributed by atoms with Gasteiger partial charge in [0.25, 0.3) is 0 Å². The second kappa shape index (κ2) is 3.44.